The molecule has 1 aromatic carbocycles. The monoisotopic (exact) mass is 274 g/mol. The SMILES string of the molecule is Fc1cc(F)cc(Cc2c(Cl)ncnc2Cl)c1. The highest BCUT2D eigenvalue weighted by molar-refractivity contribution is 6.34. The van der Waals surface area contributed by atoms with Crippen molar-refractivity contribution in [2.24, 2.45) is 0 Å². The van der Waals surface area contributed by atoms with Crippen molar-refractivity contribution in [2.75, 3.05) is 0 Å². The van der Waals surface area contributed by atoms with E-state index < -0.39 is 11.6 Å². The second kappa shape index (κ2) is 4.94. The Kier molecular flexibility index (Phi) is 3.54. The van der Waals surface area contributed by atoms with Gasteiger partial charge in [0, 0.05) is 18.1 Å². The average molecular weight is 275 g/mol. The number of hydrogen-bond acceptors (Lipinski definition) is 2. The third-order valence-electron chi connectivity index (χ3n) is 2.14. The van der Waals surface area contributed by atoms with Gasteiger partial charge in [0.15, 0.2) is 0 Å². The molecule has 0 spiro atoms. The first-order valence-electron chi connectivity index (χ1n) is 4.66. The maximum Gasteiger partial charge on any atom is 0.137 e. The van der Waals surface area contributed by atoms with E-state index in [1.165, 1.54) is 18.5 Å². The van der Waals surface area contributed by atoms with Gasteiger partial charge in [-0.2, -0.15) is 0 Å². The number of aromatic nitrogens is 2. The lowest BCUT2D eigenvalue weighted by molar-refractivity contribution is 0.580. The van der Waals surface area contributed by atoms with Gasteiger partial charge in [-0.15, -0.1) is 0 Å². The fourth-order valence-corrected chi connectivity index (χ4v) is 1.88. The van der Waals surface area contributed by atoms with E-state index in [0.717, 1.165) is 6.07 Å². The Bertz CT molecular complexity index is 521. The third kappa shape index (κ3) is 2.90. The van der Waals surface area contributed by atoms with Crippen LogP contribution in [0.5, 0.6) is 0 Å². The van der Waals surface area contributed by atoms with Crippen LogP contribution < -0.4 is 0 Å². The van der Waals surface area contributed by atoms with Gasteiger partial charge in [0.2, 0.25) is 0 Å². The molecule has 0 N–H and O–H groups in total. The molecule has 0 aliphatic carbocycles. The van der Waals surface area contributed by atoms with Crippen LogP contribution in [0.1, 0.15) is 11.1 Å². The maximum absolute atomic E-state index is 13.0. The second-order valence-corrected chi connectivity index (χ2v) is 4.10. The van der Waals surface area contributed by atoms with Gasteiger partial charge in [-0.1, -0.05) is 23.2 Å². The largest absolute Gasteiger partial charge is 0.224 e. The number of rotatable bonds is 2. The van der Waals surface area contributed by atoms with Crippen LogP contribution in [0, 0.1) is 11.6 Å². The summed E-state index contributed by atoms with van der Waals surface area (Å²) in [6.07, 6.45) is 1.40. The fraction of sp³-hybridized carbons (Fsp3) is 0.0909. The zero-order chi connectivity index (χ0) is 12.4. The van der Waals surface area contributed by atoms with Gasteiger partial charge < -0.3 is 0 Å². The summed E-state index contributed by atoms with van der Waals surface area (Å²) >= 11 is 11.7. The fourth-order valence-electron chi connectivity index (χ4n) is 1.43. The minimum absolute atomic E-state index is 0.174. The molecule has 0 atom stereocenters. The lowest BCUT2D eigenvalue weighted by Gasteiger charge is -2.05. The molecule has 0 unspecified atom stereocenters. The van der Waals surface area contributed by atoms with Crippen LogP contribution in [-0.2, 0) is 6.42 Å². The number of nitrogens with zero attached hydrogens (tertiary/aromatic N) is 2. The summed E-state index contributed by atoms with van der Waals surface area (Å²) in [6.45, 7) is 0. The maximum atomic E-state index is 13.0. The summed E-state index contributed by atoms with van der Waals surface area (Å²) in [7, 11) is 0. The third-order valence-corrected chi connectivity index (χ3v) is 2.79. The molecule has 88 valence electrons. The highest BCUT2D eigenvalue weighted by atomic mass is 35.5. The summed E-state index contributed by atoms with van der Waals surface area (Å²) in [6, 6.07) is 3.22. The molecule has 1 aromatic heterocycles. The zero-order valence-electron chi connectivity index (χ0n) is 8.42. The molecule has 2 rings (SSSR count). The van der Waals surface area contributed by atoms with Crippen molar-refractivity contribution in [3.8, 4) is 0 Å². The molecule has 0 saturated heterocycles. The molecule has 0 aliphatic heterocycles. The Morgan fingerprint density at radius 1 is 0.941 bits per heavy atom. The lowest BCUT2D eigenvalue weighted by Crippen LogP contribution is -1.96. The van der Waals surface area contributed by atoms with E-state index in [4.69, 9.17) is 23.2 Å². The second-order valence-electron chi connectivity index (χ2n) is 3.39. The molecule has 0 bridgehead atoms. The van der Waals surface area contributed by atoms with Gasteiger partial charge >= 0.3 is 0 Å². The van der Waals surface area contributed by atoms with Crippen LogP contribution in [0.2, 0.25) is 10.3 Å². The Hall–Kier alpha value is -1.26. The van der Waals surface area contributed by atoms with Gasteiger partial charge in [0.05, 0.1) is 0 Å². The highest BCUT2D eigenvalue weighted by Gasteiger charge is 2.10. The lowest BCUT2D eigenvalue weighted by atomic mass is 10.1. The molecule has 0 fully saturated rings. The topological polar surface area (TPSA) is 25.8 Å². The first kappa shape index (κ1) is 12.2. The average Bonchev–Trinajstić information content (AvgIpc) is 2.22. The molecule has 2 nitrogen and oxygen atoms in total. The summed E-state index contributed by atoms with van der Waals surface area (Å²) in [4.78, 5) is 7.53. The van der Waals surface area contributed by atoms with Crippen molar-refractivity contribution in [3.05, 3.63) is 57.6 Å². The van der Waals surface area contributed by atoms with E-state index >= 15 is 0 Å². The van der Waals surface area contributed by atoms with E-state index in [2.05, 4.69) is 9.97 Å². The number of benzene rings is 1. The minimum atomic E-state index is -0.649. The van der Waals surface area contributed by atoms with Crippen LogP contribution in [0.3, 0.4) is 0 Å². The van der Waals surface area contributed by atoms with Crippen LogP contribution in [0.25, 0.3) is 0 Å². The molecular weight excluding hydrogens is 269 g/mol. The molecule has 2 aromatic rings. The van der Waals surface area contributed by atoms with Crippen molar-refractivity contribution in [1.82, 2.24) is 9.97 Å². The molecule has 0 amide bonds. The highest BCUT2D eigenvalue weighted by Crippen LogP contribution is 2.23. The predicted octanol–water partition coefficient (Wildman–Crippen LogP) is 3.65. The Labute approximate surface area is 106 Å². The quantitative estimate of drug-likeness (QED) is 0.782. The summed E-state index contributed by atoms with van der Waals surface area (Å²) in [5.74, 6) is -1.30. The van der Waals surface area contributed by atoms with Crippen LogP contribution in [0.4, 0.5) is 8.78 Å². The van der Waals surface area contributed by atoms with Gasteiger partial charge in [-0.3, -0.25) is 0 Å². The molecule has 1 heterocycles. The minimum Gasteiger partial charge on any atom is -0.224 e. The molecule has 0 radical (unpaired) electrons. The van der Waals surface area contributed by atoms with E-state index in [0.29, 0.717) is 11.1 Å². The normalized spacial score (nSPS) is 10.6. The van der Waals surface area contributed by atoms with E-state index in [-0.39, 0.29) is 16.7 Å². The van der Waals surface area contributed by atoms with Crippen molar-refractivity contribution >= 4 is 23.2 Å². The number of hydrogen-bond donors (Lipinski definition) is 0. The van der Waals surface area contributed by atoms with E-state index in [1.54, 1.807) is 0 Å². The van der Waals surface area contributed by atoms with Gasteiger partial charge in [-0.05, 0) is 17.7 Å². The van der Waals surface area contributed by atoms with Crippen LogP contribution in [-0.4, -0.2) is 9.97 Å². The Balaban J connectivity index is 2.38. The first-order valence-corrected chi connectivity index (χ1v) is 5.41. The Morgan fingerprint density at radius 3 is 2.00 bits per heavy atom. The smallest absolute Gasteiger partial charge is 0.137 e. The molecule has 17 heavy (non-hydrogen) atoms. The predicted molar refractivity (Wildman–Crippen MR) is 61.2 cm³/mol. The Morgan fingerprint density at radius 2 is 1.47 bits per heavy atom. The van der Waals surface area contributed by atoms with Gasteiger partial charge in [-0.25, -0.2) is 18.7 Å². The standard InChI is InChI=1S/C11H6Cl2F2N2/c12-10-9(11(13)17-5-16-10)3-6-1-7(14)4-8(15)2-6/h1-2,4-5H,3H2. The van der Waals surface area contributed by atoms with Gasteiger partial charge in [0.1, 0.15) is 28.3 Å². The van der Waals surface area contributed by atoms with Crippen LogP contribution >= 0.6 is 23.2 Å². The van der Waals surface area contributed by atoms with Crippen molar-refractivity contribution in [3.63, 3.8) is 0 Å². The van der Waals surface area contributed by atoms with Crippen molar-refractivity contribution in [2.45, 2.75) is 6.42 Å². The first-order chi connectivity index (χ1) is 8.06. The summed E-state index contributed by atoms with van der Waals surface area (Å²) in [5, 5.41) is 0.351. The van der Waals surface area contributed by atoms with Gasteiger partial charge in [0.25, 0.3) is 0 Å². The zero-order valence-corrected chi connectivity index (χ0v) is 9.93. The van der Waals surface area contributed by atoms with E-state index in [9.17, 15) is 8.78 Å². The molecular formula is C11H6Cl2F2N2. The molecule has 6 heteroatoms. The van der Waals surface area contributed by atoms with Crippen molar-refractivity contribution < 1.29 is 8.78 Å². The summed E-state index contributed by atoms with van der Waals surface area (Å²) in [5.41, 5.74) is 0.863. The van der Waals surface area contributed by atoms with Crippen LogP contribution in [0.15, 0.2) is 24.5 Å². The van der Waals surface area contributed by atoms with Crippen molar-refractivity contribution in [1.29, 1.82) is 0 Å². The molecule has 0 aliphatic rings. The number of halogens is 4. The van der Waals surface area contributed by atoms with E-state index in [1.807, 2.05) is 0 Å². The summed E-state index contributed by atoms with van der Waals surface area (Å²) < 4.78 is 26.0. The molecule has 0 saturated carbocycles.